The van der Waals surface area contributed by atoms with Crippen LogP contribution < -0.4 is 44.0 Å². The zero-order valence-corrected chi connectivity index (χ0v) is 28.1. The molecule has 0 heterocycles. The molecule has 0 unspecified atom stereocenters. The molecule has 0 fully saturated rings. The second-order valence-electron chi connectivity index (χ2n) is 8.38. The summed E-state index contributed by atoms with van der Waals surface area (Å²) in [6.07, 6.45) is 0. The fourth-order valence-corrected chi connectivity index (χ4v) is 7.82. The highest BCUT2D eigenvalue weighted by molar-refractivity contribution is 6.64. The van der Waals surface area contributed by atoms with Crippen molar-refractivity contribution in [2.45, 2.75) is 0 Å². The van der Waals surface area contributed by atoms with Gasteiger partial charge in [0.1, 0.15) is 34.5 Å². The molecule has 3 rings (SSSR count). The monoisotopic (exact) mass is 586 g/mol. The maximum Gasteiger partial charge on any atom is 0.160 e. The average Bonchev–Trinajstić information content (AvgIpc) is 2.99. The molecule has 0 aliphatic heterocycles. The van der Waals surface area contributed by atoms with E-state index in [4.69, 9.17) is 28.4 Å². The summed E-state index contributed by atoms with van der Waals surface area (Å²) in [6.45, 7) is 0. The van der Waals surface area contributed by atoms with E-state index in [1.54, 1.807) is 42.7 Å². The van der Waals surface area contributed by atoms with Crippen LogP contribution in [0, 0.1) is 40.3 Å². The normalized spacial score (nSPS) is 11.2. The molecule has 0 spiro atoms. The van der Waals surface area contributed by atoms with Gasteiger partial charge in [-0.15, -0.1) is 16.6 Å². The molecular weight excluding hydrogens is 553 g/mol. The Labute approximate surface area is 244 Å². The number of ether oxygens (including phenoxy) is 6. The topological polar surface area (TPSA) is 55.4 Å². The van der Waals surface area contributed by atoms with Crippen LogP contribution in [0.1, 0.15) is 0 Å². The lowest BCUT2D eigenvalue weighted by Gasteiger charge is -2.10. The van der Waals surface area contributed by atoms with Gasteiger partial charge >= 0.3 is 0 Å². The third-order valence-corrected chi connectivity index (χ3v) is 9.99. The maximum atomic E-state index is 5.59. The molecule has 40 heavy (non-hydrogen) atoms. The number of benzene rings is 3. The van der Waals surface area contributed by atoms with Crippen molar-refractivity contribution in [1.82, 2.24) is 0 Å². The number of para-hydroxylation sites is 3. The second-order valence-corrected chi connectivity index (χ2v) is 12.8. The number of hydrogen-bond acceptors (Lipinski definition) is 6. The van der Waals surface area contributed by atoms with Gasteiger partial charge in [-0.1, -0.05) is 54.2 Å². The smallest absolute Gasteiger partial charge is 0.160 e. The van der Waals surface area contributed by atoms with Gasteiger partial charge in [-0.3, -0.25) is 0 Å². The third kappa shape index (κ3) is 7.91. The molecule has 206 valence electrons. The summed E-state index contributed by atoms with van der Waals surface area (Å²) in [6, 6.07) is 17.7. The molecule has 0 amide bonds. The molecular formula is C31H34O6Si3. The fraction of sp³-hybridized carbons (Fsp3) is 0.226. The maximum absolute atomic E-state index is 5.59. The molecule has 0 N–H and O–H groups in total. The Kier molecular flexibility index (Phi) is 12.2. The lowest BCUT2D eigenvalue weighted by molar-refractivity contribution is 0.357. The van der Waals surface area contributed by atoms with E-state index in [0.29, 0.717) is 17.2 Å². The van der Waals surface area contributed by atoms with Crippen molar-refractivity contribution in [1.29, 1.82) is 0 Å². The van der Waals surface area contributed by atoms with Gasteiger partial charge in [0.25, 0.3) is 0 Å². The molecule has 0 saturated heterocycles. The quantitative estimate of drug-likeness (QED) is 0.261. The van der Waals surface area contributed by atoms with E-state index < -0.39 is 28.6 Å². The van der Waals surface area contributed by atoms with Crippen LogP contribution in [-0.2, 0) is 0 Å². The van der Waals surface area contributed by atoms with Gasteiger partial charge in [0.2, 0.25) is 0 Å². The highest BCUT2D eigenvalue weighted by Gasteiger charge is 2.11. The van der Waals surface area contributed by atoms with Gasteiger partial charge in [-0.2, -0.15) is 0 Å². The van der Waals surface area contributed by atoms with Gasteiger partial charge in [0.05, 0.1) is 42.7 Å². The Morgan fingerprint density at radius 3 is 1.00 bits per heavy atom. The third-order valence-electron chi connectivity index (χ3n) is 6.03. The zero-order chi connectivity index (χ0) is 28.7. The summed E-state index contributed by atoms with van der Waals surface area (Å²) in [5, 5.41) is 3.25. The first-order chi connectivity index (χ1) is 19.6. The lowest BCUT2D eigenvalue weighted by atomic mass is 10.2. The molecule has 0 saturated carbocycles. The summed E-state index contributed by atoms with van der Waals surface area (Å²) in [7, 11) is 6.98. The van der Waals surface area contributed by atoms with E-state index in [2.05, 4.69) is 34.4 Å². The molecule has 0 bridgehead atoms. The van der Waals surface area contributed by atoms with E-state index in [1.807, 2.05) is 54.6 Å². The number of hydrogen-bond donors (Lipinski definition) is 0. The molecule has 0 aliphatic rings. The minimum Gasteiger partial charge on any atom is -0.493 e. The Bertz CT molecular complexity index is 1310. The first-order valence-corrected chi connectivity index (χ1v) is 16.9. The van der Waals surface area contributed by atoms with Crippen LogP contribution in [0.3, 0.4) is 0 Å². The van der Waals surface area contributed by atoms with E-state index in [0.717, 1.165) is 32.8 Å². The van der Waals surface area contributed by atoms with E-state index >= 15 is 0 Å². The summed E-state index contributed by atoms with van der Waals surface area (Å²) >= 11 is 0. The molecule has 3 aromatic rings. The van der Waals surface area contributed by atoms with Crippen molar-refractivity contribution in [2.75, 3.05) is 42.7 Å². The van der Waals surface area contributed by atoms with Crippen molar-refractivity contribution in [2.24, 2.45) is 5.92 Å². The van der Waals surface area contributed by atoms with Gasteiger partial charge in [-0.05, 0) is 33.8 Å². The van der Waals surface area contributed by atoms with E-state index in [-0.39, 0.29) is 5.92 Å². The predicted octanol–water partition coefficient (Wildman–Crippen LogP) is 0.0198. The SMILES string of the molecule is COc1cccc([SiH2]C#CC(C#C[SiH2]c2cccc(OC)c2OC)C#C[SiH2]c2cccc(OC)c2OC)c1OC. The average molecular weight is 587 g/mol. The van der Waals surface area contributed by atoms with Crippen molar-refractivity contribution in [3.8, 4) is 68.9 Å². The number of methoxy groups -OCH3 is 6. The van der Waals surface area contributed by atoms with Crippen LogP contribution in [0.15, 0.2) is 54.6 Å². The highest BCUT2D eigenvalue weighted by Crippen LogP contribution is 2.24. The summed E-state index contributed by atoms with van der Waals surface area (Å²) < 4.78 is 33.1. The predicted molar refractivity (Wildman–Crippen MR) is 170 cm³/mol. The standard InChI is InChI=1S/C31H34O6Si3/c1-32-23-10-7-13-26(29(23)35-4)38-19-16-22(17-20-39-27-14-8-11-24(33-2)30(27)36-5)18-21-40-28-15-9-12-25(34-3)31(28)37-6/h7-15,22H,38-40H2,1-6H3. The molecule has 0 aliphatic carbocycles. The summed E-state index contributed by atoms with van der Waals surface area (Å²) in [5.41, 5.74) is 10.2. The summed E-state index contributed by atoms with van der Waals surface area (Å²) in [4.78, 5) is 0. The molecule has 9 heteroatoms. The van der Waals surface area contributed by atoms with Gasteiger partial charge in [0.15, 0.2) is 34.5 Å². The highest BCUT2D eigenvalue weighted by atomic mass is 28.2. The molecule has 6 nitrogen and oxygen atoms in total. The van der Waals surface area contributed by atoms with Gasteiger partial charge in [-0.25, -0.2) is 0 Å². The minimum absolute atomic E-state index is 0.364. The minimum atomic E-state index is -0.962. The Morgan fingerprint density at radius 2 is 0.750 bits per heavy atom. The second kappa shape index (κ2) is 16.0. The Morgan fingerprint density at radius 1 is 0.450 bits per heavy atom. The Hall–Kier alpha value is -4.21. The molecule has 3 aromatic carbocycles. The van der Waals surface area contributed by atoms with Crippen molar-refractivity contribution in [3.63, 3.8) is 0 Å². The first kappa shape index (κ1) is 30.3. The molecule has 0 atom stereocenters. The van der Waals surface area contributed by atoms with E-state index in [1.165, 1.54) is 0 Å². The van der Waals surface area contributed by atoms with Crippen LogP contribution in [0.25, 0.3) is 0 Å². The van der Waals surface area contributed by atoms with Gasteiger partial charge in [0, 0.05) is 0 Å². The van der Waals surface area contributed by atoms with Crippen LogP contribution in [0.5, 0.6) is 34.5 Å². The fourth-order valence-electron chi connectivity index (χ4n) is 4.13. The van der Waals surface area contributed by atoms with Crippen LogP contribution >= 0.6 is 0 Å². The largest absolute Gasteiger partial charge is 0.493 e. The van der Waals surface area contributed by atoms with Crippen LogP contribution in [-0.4, -0.2) is 71.2 Å². The zero-order valence-electron chi connectivity index (χ0n) is 23.8. The molecule has 0 aromatic heterocycles. The lowest BCUT2D eigenvalue weighted by Crippen LogP contribution is -2.17. The van der Waals surface area contributed by atoms with Crippen molar-refractivity contribution in [3.05, 3.63) is 54.6 Å². The Balaban J connectivity index is 1.89. The van der Waals surface area contributed by atoms with Crippen LogP contribution in [0.2, 0.25) is 0 Å². The van der Waals surface area contributed by atoms with E-state index in [9.17, 15) is 0 Å². The first-order valence-electron chi connectivity index (χ1n) is 12.6. The van der Waals surface area contributed by atoms with Crippen LogP contribution in [0.4, 0.5) is 0 Å². The molecule has 0 radical (unpaired) electrons. The van der Waals surface area contributed by atoms with Crippen molar-refractivity contribution >= 4 is 44.1 Å². The number of rotatable bonds is 9. The van der Waals surface area contributed by atoms with Gasteiger partial charge < -0.3 is 28.4 Å². The summed E-state index contributed by atoms with van der Waals surface area (Å²) in [5.74, 6) is 14.0. The van der Waals surface area contributed by atoms with Crippen molar-refractivity contribution < 1.29 is 28.4 Å².